The van der Waals surface area contributed by atoms with Crippen molar-refractivity contribution >= 4 is 31.9 Å². The Morgan fingerprint density at radius 1 is 0.382 bits per heavy atom. The van der Waals surface area contributed by atoms with E-state index in [-0.39, 0.29) is 12.6 Å². The molecule has 0 saturated carbocycles. The van der Waals surface area contributed by atoms with Crippen LogP contribution in [0.5, 0.6) is 0 Å². The molecule has 12 unspecified atom stereocenters. The first-order valence-corrected chi connectivity index (χ1v) is 24.3. The fraction of sp³-hybridized carbons (Fsp3) is 0.760. The summed E-state index contributed by atoms with van der Waals surface area (Å²) in [5.74, 6) is 6.00. The van der Waals surface area contributed by atoms with Gasteiger partial charge in [-0.15, -0.1) is 0 Å². The third-order valence-electron chi connectivity index (χ3n) is 11.4. The molecule has 0 aliphatic carbocycles. The van der Waals surface area contributed by atoms with E-state index in [4.69, 9.17) is 14.2 Å². The van der Waals surface area contributed by atoms with Crippen LogP contribution in [0.4, 0.5) is 0 Å². The van der Waals surface area contributed by atoms with Gasteiger partial charge in [0.05, 0.1) is 13.2 Å². The monoisotopic (exact) mass is 890 g/mol. The van der Waals surface area contributed by atoms with E-state index < -0.39 is 0 Å². The number of ether oxygens (including phenoxy) is 3. The summed E-state index contributed by atoms with van der Waals surface area (Å²) in [7, 11) is 0. The first-order chi connectivity index (χ1) is 26.2. The number of hydrogen-bond donors (Lipinski definition) is 0. The maximum Gasteiger partial charge on any atom is 0.161 e. The van der Waals surface area contributed by atoms with Gasteiger partial charge in [-0.25, -0.2) is 0 Å². The van der Waals surface area contributed by atoms with Crippen LogP contribution in [0, 0.1) is 47.3 Å². The third-order valence-corrected chi connectivity index (χ3v) is 12.2. The summed E-state index contributed by atoms with van der Waals surface area (Å²) in [4.78, 5) is 1.21. The van der Waals surface area contributed by atoms with Crippen LogP contribution in [0.15, 0.2) is 60.7 Å². The zero-order chi connectivity index (χ0) is 40.6. The van der Waals surface area contributed by atoms with Gasteiger partial charge < -0.3 is 14.2 Å². The topological polar surface area (TPSA) is 27.7 Å². The Bertz CT molecular complexity index is 1080. The summed E-state index contributed by atoms with van der Waals surface area (Å²) in [6.07, 6.45) is 16.2. The van der Waals surface area contributed by atoms with Gasteiger partial charge in [0.25, 0.3) is 0 Å². The van der Waals surface area contributed by atoms with Gasteiger partial charge in [0.1, 0.15) is 0 Å². The van der Waals surface area contributed by atoms with E-state index in [1.165, 1.54) is 75.3 Å². The van der Waals surface area contributed by atoms with E-state index >= 15 is 0 Å². The van der Waals surface area contributed by atoms with Crippen LogP contribution >= 0.6 is 31.9 Å². The minimum absolute atomic E-state index is 0.294. The molecule has 0 spiro atoms. The van der Waals surface area contributed by atoms with Crippen LogP contribution in [-0.4, -0.2) is 22.2 Å². The summed E-state index contributed by atoms with van der Waals surface area (Å²) in [5.41, 5.74) is 2.36. The molecule has 0 aliphatic rings. The van der Waals surface area contributed by atoms with Gasteiger partial charge in [0, 0.05) is 9.65 Å². The lowest BCUT2D eigenvalue weighted by Crippen LogP contribution is -2.27. The van der Waals surface area contributed by atoms with Crippen molar-refractivity contribution in [1.29, 1.82) is 0 Å². The Balaban J connectivity index is 1.96. The fourth-order valence-electron chi connectivity index (χ4n) is 9.39. The molecule has 0 aromatic heterocycles. The maximum absolute atomic E-state index is 6.80. The van der Waals surface area contributed by atoms with Crippen LogP contribution in [0.2, 0.25) is 0 Å². The molecular weight excluding hydrogens is 808 g/mol. The summed E-state index contributed by atoms with van der Waals surface area (Å²) in [5, 5.41) is 0. The Labute approximate surface area is 357 Å². The molecule has 5 heteroatoms. The summed E-state index contributed by atoms with van der Waals surface area (Å²) in [6.45, 7) is 25.2. The van der Waals surface area contributed by atoms with E-state index in [1.54, 1.807) is 0 Å². The molecule has 316 valence electrons. The predicted molar refractivity (Wildman–Crippen MR) is 246 cm³/mol. The highest BCUT2D eigenvalue weighted by molar-refractivity contribution is 9.09. The fourth-order valence-corrected chi connectivity index (χ4v) is 10.7. The van der Waals surface area contributed by atoms with Crippen molar-refractivity contribution in [2.45, 2.75) is 195 Å². The van der Waals surface area contributed by atoms with Gasteiger partial charge in [-0.05, 0) is 136 Å². The summed E-state index contributed by atoms with van der Waals surface area (Å²) >= 11 is 7.49. The molecule has 0 N–H and O–H groups in total. The molecule has 2 rings (SSSR count). The van der Waals surface area contributed by atoms with Crippen molar-refractivity contribution in [2.75, 3.05) is 0 Å². The van der Waals surface area contributed by atoms with Crippen LogP contribution < -0.4 is 0 Å². The number of alkyl halides is 2. The van der Waals surface area contributed by atoms with Crippen LogP contribution in [0.25, 0.3) is 0 Å². The molecule has 0 saturated heterocycles. The quantitative estimate of drug-likeness (QED) is 0.0541. The predicted octanol–water partition coefficient (Wildman–Crippen LogP) is 16.2. The summed E-state index contributed by atoms with van der Waals surface area (Å²) < 4.78 is 19.9. The number of hydrogen-bond acceptors (Lipinski definition) is 3. The lowest BCUT2D eigenvalue weighted by Gasteiger charge is -2.27. The summed E-state index contributed by atoms with van der Waals surface area (Å²) in [6, 6.07) is 21.0. The third kappa shape index (κ3) is 26.1. The van der Waals surface area contributed by atoms with Gasteiger partial charge in [-0.2, -0.15) is 0 Å². The smallest absolute Gasteiger partial charge is 0.161 e. The number of halogens is 2. The highest BCUT2D eigenvalue weighted by Gasteiger charge is 2.22. The molecule has 2 aromatic rings. The lowest BCUT2D eigenvalue weighted by atomic mass is 9.83. The molecule has 2 aromatic carbocycles. The first-order valence-electron chi connectivity index (χ1n) is 22.4. The average molecular weight is 893 g/mol. The largest absolute Gasteiger partial charge is 0.348 e. The van der Waals surface area contributed by atoms with Crippen molar-refractivity contribution in [2.24, 2.45) is 47.3 Å². The molecule has 3 nitrogen and oxygen atoms in total. The van der Waals surface area contributed by atoms with Crippen LogP contribution in [-0.2, 0) is 27.4 Å². The molecule has 55 heavy (non-hydrogen) atoms. The second kappa shape index (κ2) is 29.5. The Kier molecular flexibility index (Phi) is 27.0. The molecule has 0 amide bonds. The molecule has 12 atom stereocenters. The lowest BCUT2D eigenvalue weighted by molar-refractivity contribution is -0.257. The van der Waals surface area contributed by atoms with E-state index in [9.17, 15) is 0 Å². The van der Waals surface area contributed by atoms with Crippen LogP contribution in [0.1, 0.15) is 170 Å². The normalized spacial score (nSPS) is 18.7. The van der Waals surface area contributed by atoms with Gasteiger partial charge in [0.2, 0.25) is 0 Å². The van der Waals surface area contributed by atoms with Crippen molar-refractivity contribution in [3.8, 4) is 0 Å². The maximum atomic E-state index is 6.80. The standard InChI is InChI=1S/C50H84Br2O3/c1-37(27-39(3)29-41(5)31-43(7)33-45(9)51)19-17-25-49(53-35-47-21-13-11-14-22-47)55-50(54-36-48-23-15-12-16-24-48)26-18-20-38(2)28-40(4)30-42(6)32-44(8)34-46(10)52/h11-16,21-24,37-46,49-50H,17-20,25-36H2,1-10H3. The molecule has 0 heterocycles. The van der Waals surface area contributed by atoms with Gasteiger partial charge in [-0.3, -0.25) is 0 Å². The average Bonchev–Trinajstić information content (AvgIpc) is 3.08. The number of rotatable bonds is 32. The minimum atomic E-state index is -0.294. The van der Waals surface area contributed by atoms with E-state index in [2.05, 4.69) is 162 Å². The Morgan fingerprint density at radius 2 is 0.673 bits per heavy atom. The first kappa shape index (κ1) is 50.4. The zero-order valence-corrected chi connectivity index (χ0v) is 40.2. The van der Waals surface area contributed by atoms with E-state index in [1.807, 2.05) is 0 Å². The SMILES string of the molecule is CC(Br)CC(C)CC(C)CC(C)CC(C)CCCC(OCc1ccccc1)OC(CCCC(C)CC(C)CC(C)CC(C)CC(C)Br)OCc1ccccc1. The molecule has 0 bridgehead atoms. The van der Waals surface area contributed by atoms with Crippen molar-refractivity contribution < 1.29 is 14.2 Å². The van der Waals surface area contributed by atoms with Gasteiger partial charge >= 0.3 is 0 Å². The van der Waals surface area contributed by atoms with Gasteiger partial charge in [-0.1, -0.05) is 175 Å². The van der Waals surface area contributed by atoms with E-state index in [0.29, 0.717) is 34.7 Å². The Hall–Kier alpha value is -0.720. The number of benzene rings is 2. The second-order valence-corrected chi connectivity index (χ2v) is 21.9. The second-order valence-electron chi connectivity index (χ2n) is 18.7. The van der Waals surface area contributed by atoms with Crippen molar-refractivity contribution in [1.82, 2.24) is 0 Å². The van der Waals surface area contributed by atoms with Crippen molar-refractivity contribution in [3.63, 3.8) is 0 Å². The molecule has 0 radical (unpaired) electrons. The molecule has 0 fully saturated rings. The highest BCUT2D eigenvalue weighted by atomic mass is 79.9. The minimum Gasteiger partial charge on any atom is -0.348 e. The molecule has 0 aliphatic heterocycles. The Morgan fingerprint density at radius 3 is 0.982 bits per heavy atom. The zero-order valence-electron chi connectivity index (χ0n) is 37.0. The molecular formula is C50H84Br2O3. The van der Waals surface area contributed by atoms with E-state index in [0.717, 1.165) is 61.2 Å². The highest BCUT2D eigenvalue weighted by Crippen LogP contribution is 2.30. The van der Waals surface area contributed by atoms with Crippen molar-refractivity contribution in [3.05, 3.63) is 71.8 Å². The van der Waals surface area contributed by atoms with Crippen LogP contribution in [0.3, 0.4) is 0 Å². The van der Waals surface area contributed by atoms with Gasteiger partial charge in [0.15, 0.2) is 12.6 Å².